The summed E-state index contributed by atoms with van der Waals surface area (Å²) in [5.41, 5.74) is 0. The molecule has 0 atom stereocenters. The molecule has 70 valence electrons. The first-order valence-electron chi connectivity index (χ1n) is 3.73. The van der Waals surface area contributed by atoms with Crippen LogP contribution in [0.1, 0.15) is 0 Å². The minimum absolute atomic E-state index is 0. The van der Waals surface area contributed by atoms with Crippen LogP contribution in [0.15, 0.2) is 24.3 Å². The van der Waals surface area contributed by atoms with Crippen molar-refractivity contribution in [2.24, 2.45) is 0 Å². The Kier molecular flexibility index (Phi) is 8.19. The maximum atomic E-state index is 5.72. The molecule has 0 aliphatic heterocycles. The van der Waals surface area contributed by atoms with Crippen molar-refractivity contribution in [2.75, 3.05) is 0 Å². The number of hydrogen-bond acceptors (Lipinski definition) is 1. The van der Waals surface area contributed by atoms with Crippen LogP contribution >= 0.6 is 17.0 Å². The molecule has 0 aliphatic rings. The normalized spacial score (nSPS) is 9.46. The van der Waals surface area contributed by atoms with Gasteiger partial charge in [-0.25, -0.2) is 0 Å². The van der Waals surface area contributed by atoms with Gasteiger partial charge in [-0.2, -0.15) is 18.2 Å². The zero-order valence-electron chi connectivity index (χ0n) is 8.33. The molecule has 0 fully saturated rings. The zero-order chi connectivity index (χ0) is 8.32. The zero-order valence-corrected chi connectivity index (χ0v) is 14.0. The third-order valence-corrected chi connectivity index (χ3v) is 1.96. The maximum Gasteiger partial charge on any atom is 0.239 e. The van der Waals surface area contributed by atoms with Gasteiger partial charge in [0.2, 0.25) is 8.32 Å². The van der Waals surface area contributed by atoms with Gasteiger partial charge in [0.15, 0.2) is 0 Å². The Balaban J connectivity index is 0. The van der Waals surface area contributed by atoms with Gasteiger partial charge in [-0.05, 0) is 25.4 Å². The molecule has 1 aromatic carbocycles. The number of rotatable bonds is 2. The molecule has 0 saturated carbocycles. The van der Waals surface area contributed by atoms with E-state index in [-0.39, 0.29) is 36.5 Å². The van der Waals surface area contributed by atoms with Crippen molar-refractivity contribution < 1.29 is 23.9 Å². The summed E-state index contributed by atoms with van der Waals surface area (Å²) in [5, 5.41) is 0. The minimum atomic E-state index is -1.41. The molecular formula is C9H14BrOSiZn-. The van der Waals surface area contributed by atoms with E-state index in [0.29, 0.717) is 0 Å². The fraction of sp³-hybridized carbons (Fsp3) is 0.333. The molecule has 0 spiro atoms. The first kappa shape index (κ1) is 15.8. The Labute approximate surface area is 105 Å². The summed E-state index contributed by atoms with van der Waals surface area (Å²) in [6.07, 6.45) is 0. The van der Waals surface area contributed by atoms with E-state index in [0.717, 1.165) is 5.75 Å². The second-order valence-electron chi connectivity index (χ2n) is 3.45. The molecular weight excluding hydrogens is 297 g/mol. The fourth-order valence-electron chi connectivity index (χ4n) is 0.793. The van der Waals surface area contributed by atoms with E-state index in [2.05, 4.69) is 25.7 Å². The van der Waals surface area contributed by atoms with Crippen LogP contribution in [0.5, 0.6) is 5.75 Å². The Morgan fingerprint density at radius 3 is 2.00 bits per heavy atom. The molecule has 0 unspecified atom stereocenters. The maximum absolute atomic E-state index is 5.72. The Bertz CT molecular complexity index is 223. The van der Waals surface area contributed by atoms with Gasteiger partial charge in [-0.3, -0.25) is 0 Å². The summed E-state index contributed by atoms with van der Waals surface area (Å²) < 4.78 is 5.72. The molecule has 0 bridgehead atoms. The first-order chi connectivity index (χ1) is 5.08. The third-order valence-electron chi connectivity index (χ3n) is 1.11. The molecule has 4 heteroatoms. The van der Waals surface area contributed by atoms with Gasteiger partial charge in [0.25, 0.3) is 0 Å². The number of hydrogen-bond donors (Lipinski definition) is 0. The van der Waals surface area contributed by atoms with E-state index in [1.54, 1.807) is 0 Å². The standard InChI is InChI=1S/C9H13OSi.BrH.Zn/c1-11(2,3)10-9-7-5-4-6-8-9;;/h5-8H,1-3H3;1H;/q-1;;. The molecule has 0 heterocycles. The first-order valence-corrected chi connectivity index (χ1v) is 7.14. The van der Waals surface area contributed by atoms with Gasteiger partial charge in [-0.15, -0.1) is 29.1 Å². The summed E-state index contributed by atoms with van der Waals surface area (Å²) in [6.45, 7) is 6.51. The fourth-order valence-corrected chi connectivity index (χ4v) is 1.64. The second-order valence-corrected chi connectivity index (χ2v) is 7.88. The van der Waals surface area contributed by atoms with Crippen LogP contribution in [0.25, 0.3) is 0 Å². The summed E-state index contributed by atoms with van der Waals surface area (Å²) >= 11 is 0. The van der Waals surface area contributed by atoms with Crippen LogP contribution in [0.2, 0.25) is 19.6 Å². The van der Waals surface area contributed by atoms with Crippen molar-refractivity contribution >= 4 is 25.3 Å². The Morgan fingerprint density at radius 1 is 1.15 bits per heavy atom. The molecule has 13 heavy (non-hydrogen) atoms. The summed E-state index contributed by atoms with van der Waals surface area (Å²) in [5.74, 6) is 0.961. The van der Waals surface area contributed by atoms with Crippen molar-refractivity contribution in [1.82, 2.24) is 0 Å². The van der Waals surface area contributed by atoms with Crippen molar-refractivity contribution in [3.05, 3.63) is 30.3 Å². The van der Waals surface area contributed by atoms with Gasteiger partial charge in [0.05, 0.1) is 0 Å². The van der Waals surface area contributed by atoms with Gasteiger partial charge >= 0.3 is 0 Å². The molecule has 0 amide bonds. The van der Waals surface area contributed by atoms with E-state index >= 15 is 0 Å². The molecule has 1 nitrogen and oxygen atoms in total. The third kappa shape index (κ3) is 7.41. The second kappa shape index (κ2) is 6.74. The summed E-state index contributed by atoms with van der Waals surface area (Å²) in [6, 6.07) is 10.6. The van der Waals surface area contributed by atoms with Crippen molar-refractivity contribution in [3.8, 4) is 5.75 Å². The quantitative estimate of drug-likeness (QED) is 0.602. The van der Waals surface area contributed by atoms with Crippen LogP contribution < -0.4 is 4.43 Å². The van der Waals surface area contributed by atoms with Crippen molar-refractivity contribution in [3.63, 3.8) is 0 Å². The van der Waals surface area contributed by atoms with Crippen LogP contribution in [0, 0.1) is 6.07 Å². The minimum Gasteiger partial charge on any atom is -0.565 e. The summed E-state index contributed by atoms with van der Waals surface area (Å²) in [4.78, 5) is 0. The van der Waals surface area contributed by atoms with E-state index in [1.807, 2.05) is 24.3 Å². The predicted molar refractivity (Wildman–Crippen MR) is 59.6 cm³/mol. The Morgan fingerprint density at radius 2 is 1.62 bits per heavy atom. The van der Waals surface area contributed by atoms with Crippen LogP contribution in [-0.4, -0.2) is 8.32 Å². The topological polar surface area (TPSA) is 9.23 Å². The molecule has 1 rings (SSSR count). The molecule has 0 radical (unpaired) electrons. The average Bonchev–Trinajstić information content (AvgIpc) is 1.85. The molecule has 0 saturated heterocycles. The average molecular weight is 312 g/mol. The van der Waals surface area contributed by atoms with Crippen molar-refractivity contribution in [2.45, 2.75) is 19.6 Å². The van der Waals surface area contributed by atoms with E-state index in [4.69, 9.17) is 4.43 Å². The number of halogens is 1. The van der Waals surface area contributed by atoms with Crippen molar-refractivity contribution in [1.29, 1.82) is 0 Å². The van der Waals surface area contributed by atoms with Gasteiger partial charge in [-0.1, -0.05) is 0 Å². The molecule has 0 N–H and O–H groups in total. The predicted octanol–water partition coefficient (Wildman–Crippen LogP) is 3.28. The van der Waals surface area contributed by atoms with E-state index < -0.39 is 8.32 Å². The molecule has 1 aromatic rings. The summed E-state index contributed by atoms with van der Waals surface area (Å²) in [7, 11) is -1.41. The van der Waals surface area contributed by atoms with E-state index in [1.165, 1.54) is 0 Å². The number of benzene rings is 1. The van der Waals surface area contributed by atoms with Gasteiger partial charge < -0.3 is 4.43 Å². The molecule has 0 aromatic heterocycles. The van der Waals surface area contributed by atoms with Crippen LogP contribution in [-0.2, 0) is 19.5 Å². The van der Waals surface area contributed by atoms with E-state index in [9.17, 15) is 0 Å². The SMILES string of the molecule is Br.C[Si](C)(C)Oc1cc[c-]cc1.[Zn]. The van der Waals surface area contributed by atoms with Gasteiger partial charge in [0, 0.05) is 19.5 Å². The van der Waals surface area contributed by atoms with Crippen LogP contribution in [0.3, 0.4) is 0 Å². The monoisotopic (exact) mass is 309 g/mol. The van der Waals surface area contributed by atoms with Gasteiger partial charge in [0.1, 0.15) is 0 Å². The molecule has 0 aliphatic carbocycles. The smallest absolute Gasteiger partial charge is 0.239 e. The van der Waals surface area contributed by atoms with Crippen LogP contribution in [0.4, 0.5) is 0 Å². The largest absolute Gasteiger partial charge is 0.565 e. The Hall–Kier alpha value is 0.340.